The van der Waals surface area contributed by atoms with Crippen molar-refractivity contribution in [2.75, 3.05) is 55.6 Å². The molecule has 2 aliphatic rings. The summed E-state index contributed by atoms with van der Waals surface area (Å²) in [6, 6.07) is 13.9. The number of carbonyl (C=O) groups excluding carboxylic acids is 2. The lowest BCUT2D eigenvalue weighted by molar-refractivity contribution is -0.131. The molecule has 2 aromatic rings. The maximum Gasteiger partial charge on any atom is 0.325 e. The largest absolute Gasteiger partial charge is 0.353 e. The lowest BCUT2D eigenvalue weighted by Crippen LogP contribution is -2.51. The highest BCUT2D eigenvalue weighted by Gasteiger charge is 2.32. The molecule has 0 radical (unpaired) electrons. The van der Waals surface area contributed by atoms with Crippen LogP contribution in [-0.2, 0) is 4.79 Å². The van der Waals surface area contributed by atoms with Gasteiger partial charge in [0.15, 0.2) is 0 Å². The van der Waals surface area contributed by atoms with Crippen LogP contribution in [0.2, 0.25) is 0 Å². The monoisotopic (exact) mass is 407 g/mol. The van der Waals surface area contributed by atoms with Gasteiger partial charge in [-0.1, -0.05) is 32.0 Å². The van der Waals surface area contributed by atoms with Crippen LogP contribution in [0.5, 0.6) is 0 Å². The van der Waals surface area contributed by atoms with Gasteiger partial charge in [-0.25, -0.2) is 9.78 Å². The topological polar surface area (TPSA) is 60.0 Å². The Morgan fingerprint density at radius 1 is 0.967 bits per heavy atom. The zero-order valence-electron chi connectivity index (χ0n) is 17.7. The number of carbonyl (C=O) groups is 2. The summed E-state index contributed by atoms with van der Waals surface area (Å²) in [5.41, 5.74) is 2.14. The first kappa shape index (κ1) is 20.2. The number of piperazine rings is 1. The fraction of sp³-hybridized carbons (Fsp3) is 0.435. The van der Waals surface area contributed by atoms with Gasteiger partial charge in [-0.3, -0.25) is 9.69 Å². The molecule has 7 nitrogen and oxygen atoms in total. The van der Waals surface area contributed by atoms with Crippen molar-refractivity contribution in [1.29, 1.82) is 0 Å². The quantitative estimate of drug-likeness (QED) is 0.765. The van der Waals surface area contributed by atoms with Crippen LogP contribution in [0, 0.1) is 0 Å². The lowest BCUT2D eigenvalue weighted by Gasteiger charge is -2.36. The molecule has 30 heavy (non-hydrogen) atoms. The van der Waals surface area contributed by atoms with Crippen molar-refractivity contribution >= 4 is 23.4 Å². The van der Waals surface area contributed by atoms with Crippen molar-refractivity contribution in [2.24, 2.45) is 0 Å². The molecule has 0 aliphatic carbocycles. The van der Waals surface area contributed by atoms with Crippen molar-refractivity contribution in [2.45, 2.75) is 19.8 Å². The molecule has 7 heteroatoms. The predicted molar refractivity (Wildman–Crippen MR) is 118 cm³/mol. The Morgan fingerprint density at radius 2 is 1.70 bits per heavy atom. The minimum absolute atomic E-state index is 0.0148. The second-order valence-electron chi connectivity index (χ2n) is 8.16. The molecule has 2 saturated heterocycles. The number of hydrogen-bond donors (Lipinski definition) is 0. The molecule has 4 rings (SSSR count). The standard InChI is InChI=1S/C23H29N5O2/c1-18(2)19-6-8-20(9-7-19)28-16-15-27(23(28)30)17-22(29)26-13-11-25(12-14-26)21-5-3-4-10-24-21/h3-10,18H,11-17H2,1-2H3. The normalized spacial score (nSPS) is 17.2. The van der Waals surface area contributed by atoms with Crippen molar-refractivity contribution in [1.82, 2.24) is 14.8 Å². The summed E-state index contributed by atoms with van der Waals surface area (Å²) in [5, 5.41) is 0. The van der Waals surface area contributed by atoms with E-state index in [1.54, 1.807) is 16.0 Å². The molecule has 2 fully saturated rings. The van der Waals surface area contributed by atoms with Gasteiger partial charge < -0.3 is 14.7 Å². The smallest absolute Gasteiger partial charge is 0.325 e. The first-order valence-corrected chi connectivity index (χ1v) is 10.6. The SMILES string of the molecule is CC(C)c1ccc(N2CCN(CC(=O)N3CCN(c4ccccn4)CC3)C2=O)cc1. The van der Waals surface area contributed by atoms with Gasteiger partial charge in [-0.05, 0) is 35.7 Å². The van der Waals surface area contributed by atoms with Crippen LogP contribution in [0.4, 0.5) is 16.3 Å². The molecule has 0 spiro atoms. The van der Waals surface area contributed by atoms with Gasteiger partial charge in [0, 0.05) is 51.2 Å². The van der Waals surface area contributed by atoms with E-state index in [2.05, 4.69) is 35.9 Å². The first-order valence-electron chi connectivity index (χ1n) is 10.6. The molecule has 0 N–H and O–H groups in total. The molecule has 0 unspecified atom stereocenters. The van der Waals surface area contributed by atoms with Crippen molar-refractivity contribution in [3.63, 3.8) is 0 Å². The van der Waals surface area contributed by atoms with Crippen LogP contribution < -0.4 is 9.80 Å². The average Bonchev–Trinajstić information content (AvgIpc) is 3.14. The van der Waals surface area contributed by atoms with Crippen LogP contribution in [-0.4, -0.2) is 72.5 Å². The van der Waals surface area contributed by atoms with E-state index in [1.165, 1.54) is 5.56 Å². The molecular formula is C23H29N5O2. The van der Waals surface area contributed by atoms with Crippen molar-refractivity contribution in [3.05, 3.63) is 54.2 Å². The fourth-order valence-corrected chi connectivity index (χ4v) is 4.00. The molecule has 0 saturated carbocycles. The van der Waals surface area contributed by atoms with E-state index in [4.69, 9.17) is 0 Å². The summed E-state index contributed by atoms with van der Waals surface area (Å²) in [4.78, 5) is 37.5. The highest BCUT2D eigenvalue weighted by Crippen LogP contribution is 2.23. The van der Waals surface area contributed by atoms with E-state index >= 15 is 0 Å². The molecule has 3 amide bonds. The molecule has 0 atom stereocenters. The van der Waals surface area contributed by atoms with Gasteiger partial charge in [0.05, 0.1) is 0 Å². The second kappa shape index (κ2) is 8.73. The van der Waals surface area contributed by atoms with Gasteiger partial charge >= 0.3 is 6.03 Å². The minimum Gasteiger partial charge on any atom is -0.353 e. The van der Waals surface area contributed by atoms with Crippen LogP contribution in [0.3, 0.4) is 0 Å². The van der Waals surface area contributed by atoms with Crippen LogP contribution in [0.15, 0.2) is 48.7 Å². The summed E-state index contributed by atoms with van der Waals surface area (Å²) in [5.74, 6) is 1.42. The van der Waals surface area contributed by atoms with E-state index in [1.807, 2.05) is 35.2 Å². The molecule has 0 bridgehead atoms. The molecule has 1 aromatic heterocycles. The Morgan fingerprint density at radius 3 is 2.33 bits per heavy atom. The zero-order chi connectivity index (χ0) is 21.1. The summed E-state index contributed by atoms with van der Waals surface area (Å²) < 4.78 is 0. The van der Waals surface area contributed by atoms with Gasteiger partial charge in [-0.2, -0.15) is 0 Å². The third-order valence-electron chi connectivity index (χ3n) is 5.90. The number of hydrogen-bond acceptors (Lipinski definition) is 4. The summed E-state index contributed by atoms with van der Waals surface area (Å²) in [7, 11) is 0. The molecule has 158 valence electrons. The van der Waals surface area contributed by atoms with E-state index < -0.39 is 0 Å². The van der Waals surface area contributed by atoms with E-state index in [-0.39, 0.29) is 18.5 Å². The number of pyridine rings is 1. The number of amides is 3. The number of urea groups is 1. The number of aromatic nitrogens is 1. The number of benzene rings is 1. The van der Waals surface area contributed by atoms with E-state index in [9.17, 15) is 9.59 Å². The van der Waals surface area contributed by atoms with Gasteiger partial charge in [0.1, 0.15) is 12.4 Å². The van der Waals surface area contributed by atoms with Gasteiger partial charge in [0.2, 0.25) is 5.91 Å². The summed E-state index contributed by atoms with van der Waals surface area (Å²) >= 11 is 0. The Hall–Kier alpha value is -3.09. The van der Waals surface area contributed by atoms with Gasteiger partial charge in [-0.15, -0.1) is 0 Å². The van der Waals surface area contributed by atoms with E-state index in [0.29, 0.717) is 32.1 Å². The summed E-state index contributed by atoms with van der Waals surface area (Å²) in [6.45, 7) is 8.44. The Kier molecular flexibility index (Phi) is 5.88. The average molecular weight is 408 g/mol. The number of rotatable bonds is 5. The fourth-order valence-electron chi connectivity index (χ4n) is 4.00. The Balaban J connectivity index is 1.30. The zero-order valence-corrected chi connectivity index (χ0v) is 17.7. The molecule has 1 aromatic carbocycles. The highest BCUT2D eigenvalue weighted by molar-refractivity contribution is 5.96. The third-order valence-corrected chi connectivity index (χ3v) is 5.90. The Bertz CT molecular complexity index is 876. The summed E-state index contributed by atoms with van der Waals surface area (Å²) in [6.07, 6.45) is 1.79. The van der Waals surface area contributed by atoms with Crippen molar-refractivity contribution < 1.29 is 9.59 Å². The van der Waals surface area contributed by atoms with Gasteiger partial charge in [0.25, 0.3) is 0 Å². The molecular weight excluding hydrogens is 378 g/mol. The van der Waals surface area contributed by atoms with Crippen molar-refractivity contribution in [3.8, 4) is 0 Å². The second-order valence-corrected chi connectivity index (χ2v) is 8.16. The van der Waals surface area contributed by atoms with E-state index in [0.717, 1.165) is 24.6 Å². The van der Waals surface area contributed by atoms with Crippen LogP contribution in [0.1, 0.15) is 25.3 Å². The predicted octanol–water partition coefficient (Wildman–Crippen LogP) is 2.80. The van der Waals surface area contributed by atoms with Crippen LogP contribution >= 0.6 is 0 Å². The number of nitrogens with zero attached hydrogens (tertiary/aromatic N) is 5. The molecule has 2 aliphatic heterocycles. The van der Waals surface area contributed by atoms with Crippen LogP contribution in [0.25, 0.3) is 0 Å². The lowest BCUT2D eigenvalue weighted by atomic mass is 10.0. The molecule has 3 heterocycles. The maximum atomic E-state index is 12.8. The highest BCUT2D eigenvalue weighted by atomic mass is 16.2. The maximum absolute atomic E-state index is 12.8. The number of anilines is 2. The minimum atomic E-state index is -0.0900. The first-order chi connectivity index (χ1) is 14.5. The Labute approximate surface area is 177 Å². The third kappa shape index (κ3) is 4.25.